The summed E-state index contributed by atoms with van der Waals surface area (Å²) in [4.78, 5) is 7.75. The van der Waals surface area contributed by atoms with Gasteiger partial charge in [0, 0.05) is 17.7 Å². The maximum atomic E-state index is 4.49. The van der Waals surface area contributed by atoms with E-state index in [1.165, 1.54) is 0 Å². The van der Waals surface area contributed by atoms with Gasteiger partial charge >= 0.3 is 0 Å². The van der Waals surface area contributed by atoms with Gasteiger partial charge in [0.15, 0.2) is 0 Å². The van der Waals surface area contributed by atoms with Crippen molar-refractivity contribution in [3.8, 4) is 11.8 Å². The molecule has 0 radical (unpaired) electrons. The van der Waals surface area contributed by atoms with Crippen molar-refractivity contribution >= 4 is 0 Å². The highest BCUT2D eigenvalue weighted by molar-refractivity contribution is 5.44. The zero-order valence-corrected chi connectivity index (χ0v) is 11.1. The molecule has 1 aromatic rings. The van der Waals surface area contributed by atoms with Gasteiger partial charge in [0.25, 0.3) is 0 Å². The number of rotatable bonds is 3. The molecule has 2 heteroatoms. The Morgan fingerprint density at radius 2 is 2.18 bits per heavy atom. The van der Waals surface area contributed by atoms with E-state index in [9.17, 15) is 0 Å². The minimum Gasteiger partial charge on any atom is -0.345 e. The smallest absolute Gasteiger partial charge is 0.134 e. The summed E-state index contributed by atoms with van der Waals surface area (Å²) < 4.78 is 0. The van der Waals surface area contributed by atoms with Gasteiger partial charge in [-0.25, -0.2) is 4.98 Å². The third-order valence-corrected chi connectivity index (χ3v) is 2.40. The number of hydrogen-bond acceptors (Lipinski definition) is 1. The summed E-state index contributed by atoms with van der Waals surface area (Å²) in [5.74, 6) is 7.27. The Kier molecular flexibility index (Phi) is 5.29. The number of aromatic amines is 1. The minimum absolute atomic E-state index is 0.859. The number of nitrogens with zero attached hydrogens (tertiary/aromatic N) is 1. The van der Waals surface area contributed by atoms with Crippen LogP contribution in [0.4, 0.5) is 0 Å². The lowest BCUT2D eigenvalue weighted by Crippen LogP contribution is -1.85. The molecule has 1 N–H and O–H groups in total. The molecule has 0 spiro atoms. The normalized spacial score (nSPS) is 11.6. The first-order valence-corrected chi connectivity index (χ1v) is 6.07. The molecule has 17 heavy (non-hydrogen) atoms. The second-order valence-corrected chi connectivity index (χ2v) is 3.90. The van der Waals surface area contributed by atoms with E-state index in [-0.39, 0.29) is 0 Å². The summed E-state index contributed by atoms with van der Waals surface area (Å²) in [6, 6.07) is 0. The van der Waals surface area contributed by atoms with Gasteiger partial charge in [-0.05, 0) is 33.1 Å². The number of hydrogen-bond donors (Lipinski definition) is 1. The van der Waals surface area contributed by atoms with Crippen LogP contribution in [-0.4, -0.2) is 9.97 Å². The van der Waals surface area contributed by atoms with Crippen LogP contribution in [0, 0.1) is 18.8 Å². The molecule has 0 aliphatic heterocycles. The molecule has 1 aromatic heterocycles. The first kappa shape index (κ1) is 13.3. The average Bonchev–Trinajstić information content (AvgIpc) is 2.65. The van der Waals surface area contributed by atoms with Crippen molar-refractivity contribution in [2.75, 3.05) is 0 Å². The fraction of sp³-hybridized carbons (Fsp3) is 0.400. The summed E-state index contributed by atoms with van der Waals surface area (Å²) in [7, 11) is 0. The number of H-pyrrole nitrogens is 1. The van der Waals surface area contributed by atoms with Crippen LogP contribution in [0.1, 0.15) is 44.4 Å². The van der Waals surface area contributed by atoms with Crippen LogP contribution < -0.4 is 0 Å². The summed E-state index contributed by atoms with van der Waals surface area (Å²) in [5, 5.41) is 0. The third kappa shape index (κ3) is 3.96. The molecular weight excluding hydrogens is 208 g/mol. The number of allylic oxidation sites excluding steroid dienone is 4. The van der Waals surface area contributed by atoms with Crippen molar-refractivity contribution < 1.29 is 0 Å². The van der Waals surface area contributed by atoms with E-state index in [1.807, 2.05) is 39.0 Å². The Labute approximate surface area is 104 Å². The number of nitrogens with one attached hydrogen (secondary N) is 1. The zero-order valence-electron chi connectivity index (χ0n) is 11.1. The molecule has 90 valence electrons. The molecule has 0 aliphatic rings. The van der Waals surface area contributed by atoms with Crippen molar-refractivity contribution in [3.63, 3.8) is 0 Å². The van der Waals surface area contributed by atoms with Crippen molar-refractivity contribution in [2.24, 2.45) is 0 Å². The average molecular weight is 228 g/mol. The Morgan fingerprint density at radius 1 is 1.41 bits per heavy atom. The molecular formula is C15H20N2. The van der Waals surface area contributed by atoms with Crippen LogP contribution in [0.5, 0.6) is 0 Å². The predicted molar refractivity (Wildman–Crippen MR) is 72.8 cm³/mol. The largest absolute Gasteiger partial charge is 0.345 e. The van der Waals surface area contributed by atoms with Gasteiger partial charge in [-0.3, -0.25) is 0 Å². The summed E-state index contributed by atoms with van der Waals surface area (Å²) in [6.07, 6.45) is 8.07. The maximum Gasteiger partial charge on any atom is 0.134 e. The van der Waals surface area contributed by atoms with E-state index in [4.69, 9.17) is 0 Å². The Morgan fingerprint density at radius 3 is 2.76 bits per heavy atom. The van der Waals surface area contributed by atoms with Crippen LogP contribution in [0.15, 0.2) is 23.8 Å². The molecule has 0 fully saturated rings. The second kappa shape index (κ2) is 6.75. The molecule has 0 atom stereocenters. The minimum atomic E-state index is 0.859. The molecule has 0 amide bonds. The van der Waals surface area contributed by atoms with Gasteiger partial charge in [-0.15, -0.1) is 0 Å². The van der Waals surface area contributed by atoms with Crippen molar-refractivity contribution in [1.82, 2.24) is 9.97 Å². The van der Waals surface area contributed by atoms with Gasteiger partial charge in [0.1, 0.15) is 11.5 Å². The van der Waals surface area contributed by atoms with Crippen LogP contribution >= 0.6 is 0 Å². The number of aryl methyl sites for hydroxylation is 2. The molecule has 0 aliphatic carbocycles. The molecule has 0 saturated heterocycles. The molecule has 1 heterocycles. The van der Waals surface area contributed by atoms with E-state index >= 15 is 0 Å². The SMILES string of the molecule is C/C=C\C(C#Cc1nc(CCC)[nH]c1C)=C/C. The summed E-state index contributed by atoms with van der Waals surface area (Å²) >= 11 is 0. The lowest BCUT2D eigenvalue weighted by molar-refractivity contribution is 0.853. The lowest BCUT2D eigenvalue weighted by atomic mass is 10.2. The highest BCUT2D eigenvalue weighted by atomic mass is 14.9. The molecule has 0 bridgehead atoms. The Hall–Kier alpha value is -1.75. The van der Waals surface area contributed by atoms with Gasteiger partial charge in [0.05, 0.1) is 0 Å². The predicted octanol–water partition coefficient (Wildman–Crippen LogP) is 3.54. The van der Waals surface area contributed by atoms with Gasteiger partial charge in [-0.1, -0.05) is 31.1 Å². The lowest BCUT2D eigenvalue weighted by Gasteiger charge is -1.87. The monoisotopic (exact) mass is 228 g/mol. The molecule has 0 unspecified atom stereocenters. The molecule has 0 aromatic carbocycles. The van der Waals surface area contributed by atoms with Crippen molar-refractivity contribution in [1.29, 1.82) is 0 Å². The maximum absolute atomic E-state index is 4.49. The molecule has 1 rings (SSSR count). The Bertz CT molecular complexity index is 479. The van der Waals surface area contributed by atoms with Crippen molar-refractivity contribution in [2.45, 2.75) is 40.5 Å². The summed E-state index contributed by atoms with van der Waals surface area (Å²) in [5.41, 5.74) is 2.93. The number of aromatic nitrogens is 2. The fourth-order valence-corrected chi connectivity index (χ4v) is 1.52. The van der Waals surface area contributed by atoms with Crippen LogP contribution in [0.2, 0.25) is 0 Å². The van der Waals surface area contributed by atoms with Crippen molar-refractivity contribution in [3.05, 3.63) is 41.0 Å². The van der Waals surface area contributed by atoms with E-state index < -0.39 is 0 Å². The van der Waals surface area contributed by atoms with Crippen LogP contribution in [0.3, 0.4) is 0 Å². The topological polar surface area (TPSA) is 28.7 Å². The fourth-order valence-electron chi connectivity index (χ4n) is 1.52. The highest BCUT2D eigenvalue weighted by Crippen LogP contribution is 2.06. The Balaban J connectivity index is 2.91. The highest BCUT2D eigenvalue weighted by Gasteiger charge is 2.02. The molecule has 0 saturated carbocycles. The quantitative estimate of drug-likeness (QED) is 0.622. The van der Waals surface area contributed by atoms with E-state index in [1.54, 1.807) is 0 Å². The van der Waals surface area contributed by atoms with Gasteiger partial charge in [-0.2, -0.15) is 0 Å². The van der Waals surface area contributed by atoms with E-state index in [0.29, 0.717) is 0 Å². The first-order chi connectivity index (χ1) is 8.21. The first-order valence-electron chi connectivity index (χ1n) is 6.07. The van der Waals surface area contributed by atoms with Crippen LogP contribution in [0.25, 0.3) is 0 Å². The van der Waals surface area contributed by atoms with Crippen LogP contribution in [-0.2, 0) is 6.42 Å². The standard InChI is InChI=1S/C15H20N2/c1-5-8-13(7-3)10-11-14-12(4)16-15(17-14)9-6-2/h5,7-8H,6,9H2,1-4H3,(H,16,17)/b8-5-,13-7+. The molecule has 2 nitrogen and oxygen atoms in total. The number of imidazole rings is 1. The van der Waals surface area contributed by atoms with Gasteiger partial charge in [0.2, 0.25) is 0 Å². The zero-order chi connectivity index (χ0) is 12.7. The third-order valence-electron chi connectivity index (χ3n) is 2.40. The second-order valence-electron chi connectivity index (χ2n) is 3.90. The van der Waals surface area contributed by atoms with Gasteiger partial charge < -0.3 is 4.98 Å². The van der Waals surface area contributed by atoms with E-state index in [2.05, 4.69) is 28.7 Å². The summed E-state index contributed by atoms with van der Waals surface area (Å²) in [6.45, 7) is 8.14. The van der Waals surface area contributed by atoms with E-state index in [0.717, 1.165) is 35.6 Å².